The number of hydrogen-bond acceptors (Lipinski definition) is 3. The maximum absolute atomic E-state index is 11.9. The zero-order valence-corrected chi connectivity index (χ0v) is 8.75. The lowest BCUT2D eigenvalue weighted by Gasteiger charge is -2.05. The molecule has 0 atom stereocenters. The molecule has 1 aromatic heterocycles. The zero-order chi connectivity index (χ0) is 12.3. The average Bonchev–Trinajstić information content (AvgIpc) is 2.78. The number of halogens is 2. The summed E-state index contributed by atoms with van der Waals surface area (Å²) in [6.45, 7) is -2.96. The number of aromatic nitrogens is 2. The molecule has 0 aliphatic carbocycles. The molecule has 0 fully saturated rings. The molecule has 0 aliphatic heterocycles. The Hall–Kier alpha value is -1.95. The van der Waals surface area contributed by atoms with Crippen LogP contribution in [0.25, 0.3) is 5.69 Å². The van der Waals surface area contributed by atoms with Gasteiger partial charge in [0, 0.05) is 11.9 Å². The van der Waals surface area contributed by atoms with Gasteiger partial charge in [-0.1, -0.05) is 0 Å². The van der Waals surface area contributed by atoms with Crippen LogP contribution >= 0.6 is 0 Å². The normalized spacial score (nSPS) is 10.8. The fourth-order valence-electron chi connectivity index (χ4n) is 1.39. The van der Waals surface area contributed by atoms with Gasteiger partial charge >= 0.3 is 6.61 Å². The lowest BCUT2D eigenvalue weighted by molar-refractivity contribution is -0.0498. The van der Waals surface area contributed by atoms with E-state index in [1.165, 1.54) is 18.5 Å². The van der Waals surface area contributed by atoms with Crippen LogP contribution in [0, 0.1) is 0 Å². The van der Waals surface area contributed by atoms with Crippen molar-refractivity contribution in [3.05, 3.63) is 42.5 Å². The summed E-state index contributed by atoms with van der Waals surface area (Å²) >= 11 is 0. The number of aliphatic hydroxyl groups is 1. The standard InChI is InChI=1S/C11H10F2N2O2/c12-11(13)17-10-3-1-9(2-4-10)15-5-8(6-16)14-7-15/h1-5,7,11,16H,6H2. The van der Waals surface area contributed by atoms with Crippen molar-refractivity contribution < 1.29 is 18.6 Å². The van der Waals surface area contributed by atoms with Crippen LogP contribution < -0.4 is 4.74 Å². The largest absolute Gasteiger partial charge is 0.435 e. The van der Waals surface area contributed by atoms with Crippen molar-refractivity contribution >= 4 is 0 Å². The van der Waals surface area contributed by atoms with E-state index in [1.807, 2.05) is 0 Å². The van der Waals surface area contributed by atoms with Crippen LogP contribution in [-0.2, 0) is 6.61 Å². The van der Waals surface area contributed by atoms with Gasteiger partial charge in [0.15, 0.2) is 0 Å². The Morgan fingerprint density at radius 3 is 2.53 bits per heavy atom. The highest BCUT2D eigenvalue weighted by molar-refractivity contribution is 5.37. The molecule has 0 radical (unpaired) electrons. The molecule has 1 N–H and O–H groups in total. The van der Waals surface area contributed by atoms with Gasteiger partial charge < -0.3 is 14.4 Å². The summed E-state index contributed by atoms with van der Waals surface area (Å²) in [6.07, 6.45) is 3.19. The number of aliphatic hydroxyl groups excluding tert-OH is 1. The highest BCUT2D eigenvalue weighted by Gasteiger charge is 2.04. The highest BCUT2D eigenvalue weighted by atomic mass is 19.3. The van der Waals surface area contributed by atoms with Gasteiger partial charge in [0.1, 0.15) is 5.75 Å². The molecule has 4 nitrogen and oxygen atoms in total. The van der Waals surface area contributed by atoms with Crippen LogP contribution in [-0.4, -0.2) is 21.3 Å². The summed E-state index contributed by atoms with van der Waals surface area (Å²) in [4.78, 5) is 3.94. The molecule has 0 bridgehead atoms. The predicted molar refractivity (Wildman–Crippen MR) is 56.1 cm³/mol. The third-order valence-electron chi connectivity index (χ3n) is 2.16. The molecule has 90 valence electrons. The number of hydrogen-bond donors (Lipinski definition) is 1. The van der Waals surface area contributed by atoms with Gasteiger partial charge in [0.25, 0.3) is 0 Å². The lowest BCUT2D eigenvalue weighted by atomic mass is 10.3. The third kappa shape index (κ3) is 2.79. The molecular weight excluding hydrogens is 230 g/mol. The second-order valence-electron chi connectivity index (χ2n) is 3.30. The molecule has 1 aromatic carbocycles. The summed E-state index contributed by atoms with van der Waals surface area (Å²) in [5.74, 6) is 0.103. The van der Waals surface area contributed by atoms with E-state index in [4.69, 9.17) is 5.11 Å². The molecular formula is C11H10F2N2O2. The van der Waals surface area contributed by atoms with Crippen LogP contribution in [0.3, 0.4) is 0 Å². The average molecular weight is 240 g/mol. The van der Waals surface area contributed by atoms with E-state index >= 15 is 0 Å². The van der Waals surface area contributed by atoms with Crippen molar-refractivity contribution in [3.8, 4) is 11.4 Å². The first-order valence-corrected chi connectivity index (χ1v) is 4.88. The Morgan fingerprint density at radius 1 is 1.29 bits per heavy atom. The zero-order valence-electron chi connectivity index (χ0n) is 8.75. The van der Waals surface area contributed by atoms with E-state index in [9.17, 15) is 8.78 Å². The van der Waals surface area contributed by atoms with Crippen molar-refractivity contribution in [1.29, 1.82) is 0 Å². The number of alkyl halides is 2. The van der Waals surface area contributed by atoms with Gasteiger partial charge in [-0.05, 0) is 24.3 Å². The molecule has 2 aromatic rings. The lowest BCUT2D eigenvalue weighted by Crippen LogP contribution is -2.01. The molecule has 2 rings (SSSR count). The van der Waals surface area contributed by atoms with Gasteiger partial charge in [0.2, 0.25) is 0 Å². The van der Waals surface area contributed by atoms with Crippen molar-refractivity contribution in [1.82, 2.24) is 9.55 Å². The Kier molecular flexibility index (Phi) is 3.34. The molecule has 0 amide bonds. The topological polar surface area (TPSA) is 47.3 Å². The van der Waals surface area contributed by atoms with Crippen LogP contribution in [0.4, 0.5) is 8.78 Å². The molecule has 0 unspecified atom stereocenters. The minimum Gasteiger partial charge on any atom is -0.435 e. The summed E-state index contributed by atoms with van der Waals surface area (Å²) in [5.41, 5.74) is 1.29. The molecule has 17 heavy (non-hydrogen) atoms. The second-order valence-corrected chi connectivity index (χ2v) is 3.30. The van der Waals surface area contributed by atoms with Crippen molar-refractivity contribution in [2.75, 3.05) is 0 Å². The minimum absolute atomic E-state index is 0.103. The van der Waals surface area contributed by atoms with Crippen molar-refractivity contribution in [2.24, 2.45) is 0 Å². The van der Waals surface area contributed by atoms with Crippen molar-refractivity contribution in [3.63, 3.8) is 0 Å². The third-order valence-corrected chi connectivity index (χ3v) is 2.16. The van der Waals surface area contributed by atoms with E-state index in [0.29, 0.717) is 5.69 Å². The Bertz CT molecular complexity index is 482. The van der Waals surface area contributed by atoms with E-state index in [1.54, 1.807) is 22.9 Å². The van der Waals surface area contributed by atoms with Crippen LogP contribution in [0.5, 0.6) is 5.75 Å². The Morgan fingerprint density at radius 2 is 2.00 bits per heavy atom. The monoisotopic (exact) mass is 240 g/mol. The van der Waals surface area contributed by atoms with Gasteiger partial charge in [-0.2, -0.15) is 8.78 Å². The van der Waals surface area contributed by atoms with E-state index in [-0.39, 0.29) is 12.4 Å². The fraction of sp³-hybridized carbons (Fsp3) is 0.182. The summed E-state index contributed by atoms with van der Waals surface area (Å²) in [5, 5.41) is 8.86. The number of nitrogens with zero attached hydrogens (tertiary/aromatic N) is 2. The molecule has 0 spiro atoms. The number of ether oxygens (including phenoxy) is 1. The SMILES string of the molecule is OCc1cn(-c2ccc(OC(F)F)cc2)cn1. The van der Waals surface area contributed by atoms with Crippen molar-refractivity contribution in [2.45, 2.75) is 13.2 Å². The Labute approximate surface area is 96.1 Å². The first-order valence-electron chi connectivity index (χ1n) is 4.88. The maximum Gasteiger partial charge on any atom is 0.387 e. The molecule has 1 heterocycles. The van der Waals surface area contributed by atoms with Gasteiger partial charge in [0.05, 0.1) is 18.6 Å². The molecule has 0 saturated carbocycles. The maximum atomic E-state index is 11.9. The quantitative estimate of drug-likeness (QED) is 0.888. The number of rotatable bonds is 4. The van der Waals surface area contributed by atoms with E-state index in [2.05, 4.69) is 9.72 Å². The molecule has 0 aliphatic rings. The summed E-state index contributed by atoms with van der Waals surface area (Å²) < 4.78 is 29.8. The molecule has 0 saturated heterocycles. The smallest absolute Gasteiger partial charge is 0.387 e. The number of imidazole rings is 1. The summed E-state index contributed by atoms with van der Waals surface area (Å²) in [7, 11) is 0. The fourth-order valence-corrected chi connectivity index (χ4v) is 1.39. The second kappa shape index (κ2) is 4.92. The van der Waals surface area contributed by atoms with Gasteiger partial charge in [-0.25, -0.2) is 4.98 Å². The predicted octanol–water partition coefficient (Wildman–Crippen LogP) is 1.97. The highest BCUT2D eigenvalue weighted by Crippen LogP contribution is 2.17. The molecule has 6 heteroatoms. The first kappa shape index (κ1) is 11.5. The van der Waals surface area contributed by atoms with Gasteiger partial charge in [-0.15, -0.1) is 0 Å². The van der Waals surface area contributed by atoms with Crippen LogP contribution in [0.1, 0.15) is 5.69 Å². The Balaban J connectivity index is 2.17. The summed E-state index contributed by atoms with van der Waals surface area (Å²) in [6, 6.07) is 6.14. The first-order chi connectivity index (χ1) is 8.19. The van der Waals surface area contributed by atoms with Crippen LogP contribution in [0.15, 0.2) is 36.8 Å². The van der Waals surface area contributed by atoms with Crippen LogP contribution in [0.2, 0.25) is 0 Å². The number of benzene rings is 1. The minimum atomic E-state index is -2.82. The van der Waals surface area contributed by atoms with Gasteiger partial charge in [-0.3, -0.25) is 0 Å². The van der Waals surface area contributed by atoms with E-state index in [0.717, 1.165) is 5.69 Å². The van der Waals surface area contributed by atoms with E-state index < -0.39 is 6.61 Å².